The maximum Gasteiger partial charge on any atom is 0.472 e. The van der Waals surface area contributed by atoms with Crippen LogP contribution in [0.3, 0.4) is 0 Å². The molecule has 0 aliphatic carbocycles. The number of unbranched alkanes of at least 4 members (excludes halogenated alkanes) is 27. The molecule has 0 aliphatic heterocycles. The highest BCUT2D eigenvalue weighted by Gasteiger charge is 2.26. The van der Waals surface area contributed by atoms with Crippen molar-refractivity contribution in [2.75, 3.05) is 54.1 Å². The van der Waals surface area contributed by atoms with E-state index in [0.717, 1.165) is 64.2 Å². The van der Waals surface area contributed by atoms with Crippen molar-refractivity contribution >= 4 is 13.8 Å². The molecule has 2 unspecified atom stereocenters. The van der Waals surface area contributed by atoms with Crippen LogP contribution in [0.15, 0.2) is 72.9 Å². The third-order valence-electron chi connectivity index (χ3n) is 12.2. The van der Waals surface area contributed by atoms with Gasteiger partial charge in [-0.05, 0) is 89.9 Å². The van der Waals surface area contributed by atoms with Crippen LogP contribution in [-0.4, -0.2) is 75.6 Å². The largest absolute Gasteiger partial charge is 0.472 e. The molecule has 0 aromatic heterocycles. The average Bonchev–Trinajstić information content (AvgIpc) is 3.31. The van der Waals surface area contributed by atoms with Gasteiger partial charge >= 0.3 is 13.8 Å². The van der Waals surface area contributed by atoms with E-state index >= 15 is 0 Å². The molecule has 9 heteroatoms. The van der Waals surface area contributed by atoms with E-state index in [0.29, 0.717) is 24.1 Å². The fraction of sp³-hybridized carbons (Fsp3) is 0.783. The second kappa shape index (κ2) is 52.3. The molecule has 0 aromatic carbocycles. The minimum Gasteiger partial charge on any atom is -0.457 e. The van der Waals surface area contributed by atoms with E-state index in [9.17, 15) is 14.3 Å². The molecule has 0 spiro atoms. The van der Waals surface area contributed by atoms with Crippen LogP contribution in [0.25, 0.3) is 0 Å². The first-order chi connectivity index (χ1) is 33.6. The number of carbonyl (C=O) groups excluding carboxylic acids is 1. The summed E-state index contributed by atoms with van der Waals surface area (Å²) in [5.74, 6) is -0.323. The summed E-state index contributed by atoms with van der Waals surface area (Å²) in [5, 5.41) is 0. The number of quaternary nitrogens is 1. The SMILES string of the molecule is CCCCCCC/C=C\C/C=C\C/C=C\CCCCCCCCCCCOCC(COP(=O)(O)OCC[N+](C)(C)C)OC(=O)CCCCCCCCCC/C=C\C/C=C\C/C=C\CCCCCCC. The molecule has 0 saturated heterocycles. The van der Waals surface area contributed by atoms with Crippen LogP contribution in [0.1, 0.15) is 245 Å². The van der Waals surface area contributed by atoms with Crippen molar-refractivity contribution < 1.29 is 37.3 Å². The van der Waals surface area contributed by atoms with Gasteiger partial charge in [-0.25, -0.2) is 4.57 Å². The van der Waals surface area contributed by atoms with Gasteiger partial charge in [0.05, 0.1) is 34.4 Å². The summed E-state index contributed by atoms with van der Waals surface area (Å²) in [6.45, 7) is 5.59. The molecule has 69 heavy (non-hydrogen) atoms. The molecule has 8 nitrogen and oxygen atoms in total. The number of esters is 1. The van der Waals surface area contributed by atoms with E-state index in [1.807, 2.05) is 21.1 Å². The fourth-order valence-corrected chi connectivity index (χ4v) is 8.54. The van der Waals surface area contributed by atoms with Gasteiger partial charge in [-0.3, -0.25) is 13.8 Å². The van der Waals surface area contributed by atoms with Crippen molar-refractivity contribution in [1.82, 2.24) is 0 Å². The van der Waals surface area contributed by atoms with Crippen molar-refractivity contribution in [3.63, 3.8) is 0 Å². The molecular formula is C60H111NO7P+. The Kier molecular flexibility index (Phi) is 50.7. The van der Waals surface area contributed by atoms with E-state index in [1.54, 1.807) is 0 Å². The number of hydrogen-bond acceptors (Lipinski definition) is 6. The van der Waals surface area contributed by atoms with E-state index < -0.39 is 13.9 Å². The molecule has 2 atom stereocenters. The van der Waals surface area contributed by atoms with E-state index in [4.69, 9.17) is 18.5 Å². The first-order valence-corrected chi connectivity index (χ1v) is 30.2. The van der Waals surface area contributed by atoms with Crippen LogP contribution in [-0.2, 0) is 27.9 Å². The molecule has 402 valence electrons. The lowest BCUT2D eigenvalue weighted by molar-refractivity contribution is -0.870. The Labute approximate surface area is 427 Å². The van der Waals surface area contributed by atoms with Gasteiger partial charge in [0, 0.05) is 13.0 Å². The lowest BCUT2D eigenvalue weighted by Crippen LogP contribution is -2.37. The fourth-order valence-electron chi connectivity index (χ4n) is 7.80. The van der Waals surface area contributed by atoms with Crippen molar-refractivity contribution in [1.29, 1.82) is 0 Å². The Morgan fingerprint density at radius 3 is 1.19 bits per heavy atom. The van der Waals surface area contributed by atoms with Gasteiger partial charge in [0.1, 0.15) is 19.3 Å². The van der Waals surface area contributed by atoms with Gasteiger partial charge in [-0.15, -0.1) is 0 Å². The van der Waals surface area contributed by atoms with Crippen LogP contribution in [0, 0.1) is 0 Å². The second-order valence-corrected chi connectivity index (χ2v) is 21.8. The zero-order valence-corrected chi connectivity index (χ0v) is 46.7. The second-order valence-electron chi connectivity index (χ2n) is 20.3. The summed E-state index contributed by atoms with van der Waals surface area (Å²) >= 11 is 0. The first kappa shape index (κ1) is 66.9. The van der Waals surface area contributed by atoms with Gasteiger partial charge in [-0.2, -0.15) is 0 Å². The maximum atomic E-state index is 12.8. The number of rotatable bonds is 53. The number of nitrogens with zero attached hydrogens (tertiary/aromatic N) is 1. The molecule has 0 fully saturated rings. The van der Waals surface area contributed by atoms with Crippen LogP contribution in [0.5, 0.6) is 0 Å². The van der Waals surface area contributed by atoms with Gasteiger partial charge in [-0.1, -0.05) is 222 Å². The van der Waals surface area contributed by atoms with Gasteiger partial charge < -0.3 is 18.9 Å². The van der Waals surface area contributed by atoms with E-state index in [1.165, 1.54) is 161 Å². The minimum absolute atomic E-state index is 0.0828. The normalized spacial score (nSPS) is 14.0. The molecule has 0 saturated carbocycles. The first-order valence-electron chi connectivity index (χ1n) is 28.7. The lowest BCUT2D eigenvalue weighted by atomic mass is 10.1. The number of phosphoric ester groups is 1. The van der Waals surface area contributed by atoms with Crippen molar-refractivity contribution in [3.05, 3.63) is 72.9 Å². The lowest BCUT2D eigenvalue weighted by Gasteiger charge is -2.24. The smallest absolute Gasteiger partial charge is 0.457 e. The van der Waals surface area contributed by atoms with Crippen molar-refractivity contribution in [3.8, 4) is 0 Å². The monoisotopic (exact) mass is 989 g/mol. The summed E-state index contributed by atoms with van der Waals surface area (Å²) in [6.07, 6.45) is 69.6. The highest BCUT2D eigenvalue weighted by molar-refractivity contribution is 7.47. The van der Waals surface area contributed by atoms with Crippen molar-refractivity contribution in [2.24, 2.45) is 0 Å². The van der Waals surface area contributed by atoms with Crippen LogP contribution in [0.2, 0.25) is 0 Å². The number of hydrogen-bond donors (Lipinski definition) is 1. The number of allylic oxidation sites excluding steroid dienone is 12. The number of carbonyl (C=O) groups is 1. The summed E-state index contributed by atoms with van der Waals surface area (Å²) in [7, 11) is 1.65. The molecule has 0 aliphatic rings. The third kappa shape index (κ3) is 56.7. The number of phosphoric acid groups is 1. The maximum absolute atomic E-state index is 12.8. The molecule has 0 bridgehead atoms. The highest BCUT2D eigenvalue weighted by Crippen LogP contribution is 2.43. The molecule has 0 amide bonds. The third-order valence-corrected chi connectivity index (χ3v) is 13.2. The van der Waals surface area contributed by atoms with Crippen molar-refractivity contribution in [2.45, 2.75) is 251 Å². The van der Waals surface area contributed by atoms with Gasteiger partial charge in [0.15, 0.2) is 0 Å². The van der Waals surface area contributed by atoms with Gasteiger partial charge in [0.25, 0.3) is 0 Å². The van der Waals surface area contributed by atoms with E-state index in [-0.39, 0.29) is 25.8 Å². The Hall–Kier alpha value is -2.06. The predicted molar refractivity (Wildman–Crippen MR) is 298 cm³/mol. The summed E-state index contributed by atoms with van der Waals surface area (Å²) < 4.78 is 35.2. The quantitative estimate of drug-likeness (QED) is 0.0213. The van der Waals surface area contributed by atoms with Crippen LogP contribution >= 0.6 is 7.82 Å². The highest BCUT2D eigenvalue weighted by atomic mass is 31.2. The van der Waals surface area contributed by atoms with E-state index in [2.05, 4.69) is 86.8 Å². The summed E-state index contributed by atoms with van der Waals surface area (Å²) in [5.41, 5.74) is 0. The Bertz CT molecular complexity index is 1330. The Balaban J connectivity index is 4.13. The zero-order valence-electron chi connectivity index (χ0n) is 45.8. The molecule has 0 radical (unpaired) electrons. The van der Waals surface area contributed by atoms with Gasteiger partial charge in [0.2, 0.25) is 0 Å². The summed E-state index contributed by atoms with van der Waals surface area (Å²) in [6, 6.07) is 0. The Morgan fingerprint density at radius 2 is 0.797 bits per heavy atom. The summed E-state index contributed by atoms with van der Waals surface area (Å²) in [4.78, 5) is 23.1. The molecule has 0 rings (SSSR count). The Morgan fingerprint density at radius 1 is 0.449 bits per heavy atom. The standard InChI is InChI=1S/C60H110NO7P/c1-6-8-10-12-14-16-18-20-22-24-26-28-30-32-34-36-38-40-42-44-46-48-50-52-55-65-57-59(58-67-69(63,64)66-56-54-61(3,4)5)68-60(62)53-51-49-47-45-43-41-39-37-35-33-31-29-27-25-23-21-19-17-15-13-11-9-7-2/h18-21,24-27,30-33,59H,6-17,22-23,28-29,34-58H2,1-5H3/p+1/b20-18-,21-19-,26-24-,27-25-,32-30-,33-31-. The predicted octanol–water partition coefficient (Wildman–Crippen LogP) is 18.2. The molecule has 0 heterocycles. The molecule has 1 N–H and O–H groups in total. The van der Waals surface area contributed by atoms with Crippen LogP contribution in [0.4, 0.5) is 0 Å². The molecular weight excluding hydrogens is 878 g/mol. The minimum atomic E-state index is -4.29. The number of ether oxygens (including phenoxy) is 2. The average molecular weight is 990 g/mol. The topological polar surface area (TPSA) is 91.3 Å². The molecule has 0 aromatic rings. The van der Waals surface area contributed by atoms with Crippen LogP contribution < -0.4 is 0 Å². The number of likely N-dealkylation sites (N-methyl/N-ethyl adjacent to an activating group) is 1. The zero-order chi connectivity index (χ0) is 50.5.